The van der Waals surface area contributed by atoms with E-state index >= 15 is 0 Å². The zero-order chi connectivity index (χ0) is 29.9. The van der Waals surface area contributed by atoms with Crippen LogP contribution >= 0.6 is 0 Å². The van der Waals surface area contributed by atoms with Crippen LogP contribution in [0.25, 0.3) is 10.8 Å². The first-order valence-corrected chi connectivity index (χ1v) is 15.4. The minimum absolute atomic E-state index is 0.0685. The molecule has 1 N–H and O–H groups in total. The van der Waals surface area contributed by atoms with Crippen LogP contribution in [0.3, 0.4) is 0 Å². The lowest BCUT2D eigenvalue weighted by atomic mass is 10.0. The lowest BCUT2D eigenvalue weighted by molar-refractivity contribution is -0.0548. The minimum atomic E-state index is -5.78. The molecule has 5 aromatic rings. The molecule has 0 aromatic heterocycles. The van der Waals surface area contributed by atoms with Crippen LogP contribution in [0.2, 0.25) is 0 Å². The van der Waals surface area contributed by atoms with Gasteiger partial charge < -0.3 is 9.47 Å². The number of benzene rings is 5. The summed E-state index contributed by atoms with van der Waals surface area (Å²) in [5.41, 5.74) is -0.0685. The van der Waals surface area contributed by atoms with Gasteiger partial charge >= 0.3 is 21.3 Å². The third-order valence-electron chi connectivity index (χ3n) is 6.45. The van der Waals surface area contributed by atoms with Crippen LogP contribution in [0.15, 0.2) is 136 Å². The lowest BCUT2D eigenvalue weighted by Gasteiger charge is -2.21. The van der Waals surface area contributed by atoms with Gasteiger partial charge in [0.15, 0.2) is 20.8 Å². The predicted octanol–water partition coefficient (Wildman–Crippen LogP) is 7.75. The monoisotopic (exact) mass is 607 g/mol. The Morgan fingerprint density at radius 2 is 1.26 bits per heavy atom. The van der Waals surface area contributed by atoms with Gasteiger partial charge in [-0.25, -0.2) is 4.79 Å². The van der Waals surface area contributed by atoms with Crippen LogP contribution in [0.5, 0.6) is 11.5 Å². The van der Waals surface area contributed by atoms with Gasteiger partial charge in [0, 0.05) is 5.39 Å². The van der Waals surface area contributed by atoms with Crippen molar-refractivity contribution in [3.63, 3.8) is 0 Å². The highest BCUT2D eigenvalue weighted by Gasteiger charge is 2.52. The first-order chi connectivity index (χ1) is 20.1. The lowest BCUT2D eigenvalue weighted by Crippen LogP contribution is -2.42. The van der Waals surface area contributed by atoms with Crippen LogP contribution in [-0.4, -0.2) is 30.3 Å². The van der Waals surface area contributed by atoms with Gasteiger partial charge in [-0.1, -0.05) is 60.7 Å². The maximum absolute atomic E-state index is 14.0. The minimum Gasteiger partial charge on any atom is -0.457 e. The van der Waals surface area contributed by atoms with Crippen molar-refractivity contribution in [1.29, 1.82) is 0 Å². The molecule has 0 radical (unpaired) electrons. The molecule has 0 heterocycles. The van der Waals surface area contributed by atoms with E-state index in [-0.39, 0.29) is 16.5 Å². The van der Waals surface area contributed by atoms with Crippen molar-refractivity contribution in [3.05, 3.63) is 127 Å². The van der Waals surface area contributed by atoms with Crippen LogP contribution in [0.4, 0.5) is 8.78 Å². The molecule has 1 unspecified atom stereocenters. The molecule has 0 saturated carbocycles. The van der Waals surface area contributed by atoms with Gasteiger partial charge in [0.2, 0.25) is 0 Å². The average molecular weight is 608 g/mol. The highest BCUT2D eigenvalue weighted by Crippen LogP contribution is 2.36. The molecule has 0 fully saturated rings. The molecule has 0 aliphatic carbocycles. The third kappa shape index (κ3) is 6.01. The van der Waals surface area contributed by atoms with E-state index in [4.69, 9.17) is 14.0 Å². The maximum atomic E-state index is 14.0. The molecule has 6 nitrogen and oxygen atoms in total. The SMILES string of the molecule is CC(OC(=O)c1cccc2c(Oc3ccc([S+](c4ccccc4)c4ccccc4)cc3)cccc12)C(F)(F)S(=O)(=O)O. The fraction of sp³-hybridized carbons (Fsp3) is 0.0938. The van der Waals surface area contributed by atoms with Crippen molar-refractivity contribution in [3.8, 4) is 11.5 Å². The second-order valence-electron chi connectivity index (χ2n) is 9.25. The van der Waals surface area contributed by atoms with E-state index in [9.17, 15) is 22.0 Å². The smallest absolute Gasteiger partial charge is 0.405 e. The van der Waals surface area contributed by atoms with Gasteiger partial charge in [-0.2, -0.15) is 17.2 Å². The van der Waals surface area contributed by atoms with Crippen LogP contribution in [0, 0.1) is 0 Å². The molecular formula is C32H25F2O6S2+. The Morgan fingerprint density at radius 1 is 0.738 bits per heavy atom. The largest absolute Gasteiger partial charge is 0.457 e. The molecule has 0 bridgehead atoms. The first kappa shape index (κ1) is 29.2. The van der Waals surface area contributed by atoms with E-state index < -0.39 is 27.4 Å². The summed E-state index contributed by atoms with van der Waals surface area (Å²) in [4.78, 5) is 16.2. The number of carbonyl (C=O) groups excluding carboxylic acids is 1. The van der Waals surface area contributed by atoms with Crippen molar-refractivity contribution in [1.82, 2.24) is 0 Å². The molecule has 0 saturated heterocycles. The Morgan fingerprint density at radius 3 is 1.83 bits per heavy atom. The maximum Gasteiger partial charge on any atom is 0.405 e. The van der Waals surface area contributed by atoms with Gasteiger partial charge in [0.1, 0.15) is 11.5 Å². The number of alkyl halides is 2. The molecule has 214 valence electrons. The third-order valence-corrected chi connectivity index (χ3v) is 9.70. The number of halogens is 2. The molecule has 0 spiro atoms. The Balaban J connectivity index is 1.42. The van der Waals surface area contributed by atoms with Gasteiger partial charge in [-0.05, 0) is 73.0 Å². The van der Waals surface area contributed by atoms with Crippen molar-refractivity contribution in [2.75, 3.05) is 0 Å². The molecular weight excluding hydrogens is 582 g/mol. The summed E-state index contributed by atoms with van der Waals surface area (Å²) < 4.78 is 69.7. The topological polar surface area (TPSA) is 89.9 Å². The van der Waals surface area contributed by atoms with Gasteiger partial charge in [-0.3, -0.25) is 4.55 Å². The molecule has 10 heteroatoms. The highest BCUT2D eigenvalue weighted by molar-refractivity contribution is 7.97. The van der Waals surface area contributed by atoms with Crippen molar-refractivity contribution >= 4 is 37.8 Å². The number of rotatable bonds is 9. The van der Waals surface area contributed by atoms with Crippen molar-refractivity contribution in [2.24, 2.45) is 0 Å². The molecule has 5 aromatic carbocycles. The molecule has 0 aliphatic heterocycles. The molecule has 0 amide bonds. The van der Waals surface area contributed by atoms with Gasteiger partial charge in [0.05, 0.1) is 16.5 Å². The summed E-state index contributed by atoms with van der Waals surface area (Å²) in [6.07, 6.45) is -2.43. The standard InChI is InChI=1S/C32H24F2O6S2/c1-22(32(33,34)42(36,37)38)39-31(35)29-16-8-15-28-27(29)14-9-17-30(28)40-23-18-20-26(21-19-23)41(24-10-4-2-5-11-24)25-12-6-3-7-13-25/h2-22H,1H3/p+1. The van der Waals surface area contributed by atoms with Gasteiger partial charge in [0.25, 0.3) is 0 Å². The zero-order valence-electron chi connectivity index (χ0n) is 22.2. The summed E-state index contributed by atoms with van der Waals surface area (Å²) >= 11 is 0. The molecule has 5 rings (SSSR count). The van der Waals surface area contributed by atoms with Crippen LogP contribution < -0.4 is 4.74 Å². The van der Waals surface area contributed by atoms with E-state index in [1.54, 1.807) is 24.3 Å². The molecule has 42 heavy (non-hydrogen) atoms. The van der Waals surface area contributed by atoms with Crippen LogP contribution in [-0.2, 0) is 25.7 Å². The zero-order valence-corrected chi connectivity index (χ0v) is 23.8. The second kappa shape index (κ2) is 11.9. The summed E-state index contributed by atoms with van der Waals surface area (Å²) in [6, 6.07) is 37.7. The number of ether oxygens (including phenoxy) is 2. The normalized spacial score (nSPS) is 12.7. The summed E-state index contributed by atoms with van der Waals surface area (Å²) in [5.74, 6) is -0.214. The predicted molar refractivity (Wildman–Crippen MR) is 157 cm³/mol. The summed E-state index contributed by atoms with van der Waals surface area (Å²) in [6.45, 7) is 0.690. The van der Waals surface area contributed by atoms with E-state index in [1.807, 2.05) is 60.7 Å². The Bertz CT molecular complexity index is 1770. The Labute approximate surface area is 244 Å². The number of hydrogen-bond acceptors (Lipinski definition) is 5. The van der Waals surface area contributed by atoms with E-state index in [0.717, 1.165) is 4.90 Å². The Kier molecular flexibility index (Phi) is 8.31. The van der Waals surface area contributed by atoms with E-state index in [1.165, 1.54) is 21.9 Å². The van der Waals surface area contributed by atoms with Crippen LogP contribution in [0.1, 0.15) is 17.3 Å². The number of carbonyl (C=O) groups is 1. The summed E-state index contributed by atoms with van der Waals surface area (Å²) in [7, 11) is -6.11. The van der Waals surface area contributed by atoms with Gasteiger partial charge in [-0.15, -0.1) is 0 Å². The summed E-state index contributed by atoms with van der Waals surface area (Å²) in [5, 5.41) is -3.80. The first-order valence-electron chi connectivity index (χ1n) is 12.8. The average Bonchev–Trinajstić information content (AvgIpc) is 2.98. The fourth-order valence-electron chi connectivity index (χ4n) is 4.34. The molecule has 0 aliphatic rings. The highest BCUT2D eigenvalue weighted by atomic mass is 32.2. The van der Waals surface area contributed by atoms with Crippen molar-refractivity contribution in [2.45, 2.75) is 33.0 Å². The number of hydrogen-bond donors (Lipinski definition) is 1. The Hall–Kier alpha value is -4.25. The van der Waals surface area contributed by atoms with Crippen molar-refractivity contribution < 1.29 is 36.0 Å². The fourth-order valence-corrected chi connectivity index (χ4v) is 6.89. The van der Waals surface area contributed by atoms with E-state index in [2.05, 4.69) is 24.3 Å². The quantitative estimate of drug-likeness (QED) is 0.105. The number of esters is 1. The molecule has 1 atom stereocenters. The second-order valence-corrected chi connectivity index (χ2v) is 12.8. The van der Waals surface area contributed by atoms with E-state index in [0.29, 0.717) is 29.2 Å². The number of fused-ring (bicyclic) bond motifs is 1.